The van der Waals surface area contributed by atoms with Crippen molar-refractivity contribution in [2.75, 3.05) is 13.1 Å². The number of aromatic nitrogens is 2. The predicted molar refractivity (Wildman–Crippen MR) is 97.8 cm³/mol. The number of carbonyl (C=O) groups is 1. The topological polar surface area (TPSA) is 58.1 Å². The first kappa shape index (κ1) is 17.5. The summed E-state index contributed by atoms with van der Waals surface area (Å²) < 4.78 is 0. The highest BCUT2D eigenvalue weighted by atomic mass is 16.2. The van der Waals surface area contributed by atoms with Crippen LogP contribution in [0.1, 0.15) is 35.6 Å². The van der Waals surface area contributed by atoms with Gasteiger partial charge in [-0.3, -0.25) is 14.8 Å². The van der Waals surface area contributed by atoms with Gasteiger partial charge >= 0.3 is 0 Å². The van der Waals surface area contributed by atoms with E-state index in [0.29, 0.717) is 19.6 Å². The Morgan fingerprint density at radius 2 is 1.60 bits per heavy atom. The van der Waals surface area contributed by atoms with Crippen molar-refractivity contribution >= 4 is 5.91 Å². The molecule has 0 spiro atoms. The molecule has 1 fully saturated rings. The van der Waals surface area contributed by atoms with Crippen molar-refractivity contribution in [1.82, 2.24) is 20.2 Å². The maximum absolute atomic E-state index is 12.7. The monoisotopic (exact) mass is 338 g/mol. The highest BCUT2D eigenvalue weighted by molar-refractivity contribution is 5.78. The van der Waals surface area contributed by atoms with Crippen molar-refractivity contribution in [1.29, 1.82) is 0 Å². The van der Waals surface area contributed by atoms with Crippen molar-refractivity contribution < 1.29 is 4.79 Å². The summed E-state index contributed by atoms with van der Waals surface area (Å²) >= 11 is 0. The van der Waals surface area contributed by atoms with E-state index in [-0.39, 0.29) is 5.91 Å². The highest BCUT2D eigenvalue weighted by Crippen LogP contribution is 2.27. The lowest BCUT2D eigenvalue weighted by Crippen LogP contribution is -2.38. The van der Waals surface area contributed by atoms with E-state index >= 15 is 0 Å². The molecule has 3 rings (SSSR count). The fourth-order valence-corrected chi connectivity index (χ4v) is 2.82. The fourth-order valence-electron chi connectivity index (χ4n) is 2.82. The zero-order valence-corrected chi connectivity index (χ0v) is 15.0. The minimum absolute atomic E-state index is 0.0901. The standard InChI is InChI=1S/C20H26N4O/c1-15-5-3-7-18(22-15)13-24(14-19-8-4-6-16(2)23-19)20(25)12-21-11-17-9-10-17/h3-8,17,21H,9-14H2,1-2H3. The third-order valence-electron chi connectivity index (χ3n) is 4.36. The number of amides is 1. The quantitative estimate of drug-likeness (QED) is 0.804. The van der Waals surface area contributed by atoms with Crippen LogP contribution in [-0.2, 0) is 17.9 Å². The molecule has 2 aromatic rings. The fraction of sp³-hybridized carbons (Fsp3) is 0.450. The molecule has 25 heavy (non-hydrogen) atoms. The summed E-state index contributed by atoms with van der Waals surface area (Å²) in [6, 6.07) is 11.8. The molecule has 5 nitrogen and oxygen atoms in total. The molecule has 0 saturated heterocycles. The Kier molecular flexibility index (Phi) is 5.76. The molecule has 1 aliphatic carbocycles. The first-order valence-electron chi connectivity index (χ1n) is 8.94. The molecule has 132 valence electrons. The summed E-state index contributed by atoms with van der Waals surface area (Å²) in [6.07, 6.45) is 2.57. The van der Waals surface area contributed by atoms with Gasteiger partial charge in [0.25, 0.3) is 0 Å². The van der Waals surface area contributed by atoms with Crippen LogP contribution in [0, 0.1) is 19.8 Å². The second-order valence-electron chi connectivity index (χ2n) is 6.86. The molecule has 1 amide bonds. The highest BCUT2D eigenvalue weighted by Gasteiger charge is 2.22. The van der Waals surface area contributed by atoms with E-state index in [1.807, 2.05) is 55.1 Å². The van der Waals surface area contributed by atoms with Crippen molar-refractivity contribution in [3.05, 3.63) is 59.2 Å². The van der Waals surface area contributed by atoms with Gasteiger partial charge in [-0.25, -0.2) is 0 Å². The summed E-state index contributed by atoms with van der Waals surface area (Å²) in [6.45, 7) is 6.24. The van der Waals surface area contributed by atoms with Crippen LogP contribution in [0.4, 0.5) is 0 Å². The van der Waals surface area contributed by atoms with Crippen molar-refractivity contribution in [3.8, 4) is 0 Å². The van der Waals surface area contributed by atoms with Crippen molar-refractivity contribution in [2.45, 2.75) is 39.8 Å². The Morgan fingerprint density at radius 1 is 1.04 bits per heavy atom. The van der Waals surface area contributed by atoms with Crippen LogP contribution in [0.3, 0.4) is 0 Å². The van der Waals surface area contributed by atoms with Crippen LogP contribution in [0.2, 0.25) is 0 Å². The van der Waals surface area contributed by atoms with Crippen LogP contribution >= 0.6 is 0 Å². The minimum Gasteiger partial charge on any atom is -0.330 e. The van der Waals surface area contributed by atoms with Crippen LogP contribution < -0.4 is 5.32 Å². The smallest absolute Gasteiger partial charge is 0.237 e. The summed E-state index contributed by atoms with van der Waals surface area (Å²) in [7, 11) is 0. The largest absolute Gasteiger partial charge is 0.330 e. The zero-order valence-electron chi connectivity index (χ0n) is 15.0. The number of nitrogens with zero attached hydrogens (tertiary/aromatic N) is 3. The number of nitrogens with one attached hydrogen (secondary N) is 1. The number of rotatable bonds is 8. The van der Waals surface area contributed by atoms with Gasteiger partial charge in [-0.05, 0) is 63.4 Å². The van der Waals surface area contributed by atoms with E-state index in [0.717, 1.165) is 35.2 Å². The summed E-state index contributed by atoms with van der Waals surface area (Å²) in [4.78, 5) is 23.6. The summed E-state index contributed by atoms with van der Waals surface area (Å²) in [5.41, 5.74) is 3.74. The molecule has 1 saturated carbocycles. The third-order valence-corrected chi connectivity index (χ3v) is 4.36. The van der Waals surface area contributed by atoms with Gasteiger partial charge < -0.3 is 10.2 Å². The summed E-state index contributed by atoms with van der Waals surface area (Å²) in [5.74, 6) is 0.852. The molecule has 0 aromatic carbocycles. The maximum atomic E-state index is 12.7. The lowest BCUT2D eigenvalue weighted by Gasteiger charge is -2.23. The van der Waals surface area contributed by atoms with E-state index in [4.69, 9.17) is 0 Å². The Hall–Kier alpha value is -2.27. The maximum Gasteiger partial charge on any atom is 0.237 e. The van der Waals surface area contributed by atoms with Crippen LogP contribution in [0.5, 0.6) is 0 Å². The van der Waals surface area contributed by atoms with Gasteiger partial charge in [0.1, 0.15) is 0 Å². The Morgan fingerprint density at radius 3 is 2.08 bits per heavy atom. The Balaban J connectivity index is 1.68. The van der Waals surface area contributed by atoms with E-state index in [2.05, 4.69) is 15.3 Å². The lowest BCUT2D eigenvalue weighted by atomic mass is 10.2. The van der Waals surface area contributed by atoms with Gasteiger partial charge in [0.2, 0.25) is 5.91 Å². The van der Waals surface area contributed by atoms with Gasteiger partial charge in [0, 0.05) is 11.4 Å². The Labute approximate surface area is 149 Å². The van der Waals surface area contributed by atoms with E-state index in [9.17, 15) is 4.79 Å². The molecule has 0 bridgehead atoms. The van der Waals surface area contributed by atoms with Crippen molar-refractivity contribution in [2.24, 2.45) is 5.92 Å². The van der Waals surface area contributed by atoms with Gasteiger partial charge in [-0.15, -0.1) is 0 Å². The number of hydrogen-bond acceptors (Lipinski definition) is 4. The van der Waals surface area contributed by atoms with Gasteiger partial charge in [0.05, 0.1) is 31.0 Å². The molecule has 0 aliphatic heterocycles. The van der Waals surface area contributed by atoms with Crippen LogP contribution in [-0.4, -0.2) is 33.9 Å². The van der Waals surface area contributed by atoms with Crippen LogP contribution in [0.25, 0.3) is 0 Å². The molecule has 2 heterocycles. The Bertz CT molecular complexity index is 680. The second-order valence-corrected chi connectivity index (χ2v) is 6.86. The minimum atomic E-state index is 0.0901. The lowest BCUT2D eigenvalue weighted by molar-refractivity contribution is -0.131. The molecule has 0 unspecified atom stereocenters. The number of carbonyl (C=O) groups excluding carboxylic acids is 1. The SMILES string of the molecule is Cc1cccc(CN(Cc2cccc(C)n2)C(=O)CNCC2CC2)n1. The third kappa shape index (κ3) is 5.64. The van der Waals surface area contributed by atoms with Gasteiger partial charge in [0.15, 0.2) is 0 Å². The number of hydrogen-bond donors (Lipinski definition) is 1. The normalized spacial score (nSPS) is 13.7. The first-order valence-corrected chi connectivity index (χ1v) is 8.94. The van der Waals surface area contributed by atoms with Gasteiger partial charge in [-0.2, -0.15) is 0 Å². The molecule has 0 radical (unpaired) electrons. The molecule has 1 N–H and O–H groups in total. The van der Waals surface area contributed by atoms with Crippen LogP contribution in [0.15, 0.2) is 36.4 Å². The zero-order chi connectivity index (χ0) is 17.6. The second kappa shape index (κ2) is 8.21. The van der Waals surface area contributed by atoms with Gasteiger partial charge in [-0.1, -0.05) is 12.1 Å². The van der Waals surface area contributed by atoms with Crippen molar-refractivity contribution in [3.63, 3.8) is 0 Å². The van der Waals surface area contributed by atoms with E-state index in [1.165, 1.54) is 12.8 Å². The average Bonchev–Trinajstić information content (AvgIpc) is 3.38. The first-order chi connectivity index (χ1) is 12.1. The molecular formula is C20H26N4O. The molecule has 5 heteroatoms. The predicted octanol–water partition coefficient (Wildman–Crippen LogP) is 2.62. The number of pyridine rings is 2. The van der Waals surface area contributed by atoms with E-state index in [1.54, 1.807) is 0 Å². The molecule has 0 atom stereocenters. The molecule has 2 aromatic heterocycles. The molecule has 1 aliphatic rings. The molecular weight excluding hydrogens is 312 g/mol. The average molecular weight is 338 g/mol. The summed E-state index contributed by atoms with van der Waals surface area (Å²) in [5, 5.41) is 3.29. The number of aryl methyl sites for hydroxylation is 2. The van der Waals surface area contributed by atoms with E-state index < -0.39 is 0 Å².